The van der Waals surface area contributed by atoms with Gasteiger partial charge in [-0.1, -0.05) is 0 Å². The number of halogens is 3. The lowest BCUT2D eigenvalue weighted by atomic mass is 10.2. The Morgan fingerprint density at radius 3 is 2.89 bits per heavy atom. The third-order valence-corrected chi connectivity index (χ3v) is 3.83. The van der Waals surface area contributed by atoms with E-state index < -0.39 is 24.1 Å². The first kappa shape index (κ1) is 18.5. The van der Waals surface area contributed by atoms with Gasteiger partial charge in [-0.3, -0.25) is 9.69 Å². The number of nitrogens with zero attached hydrogens (tertiary/aromatic N) is 3. The highest BCUT2D eigenvalue weighted by atomic mass is 19.3. The van der Waals surface area contributed by atoms with Crippen LogP contribution in [0.3, 0.4) is 0 Å². The topological polar surface area (TPSA) is 76.5 Å². The van der Waals surface area contributed by atoms with E-state index in [9.17, 15) is 22.8 Å². The Balaban J connectivity index is 1.77. The molecule has 2 heterocycles. The summed E-state index contributed by atoms with van der Waals surface area (Å²) >= 11 is 0. The van der Waals surface area contributed by atoms with Gasteiger partial charge in [-0.25, -0.2) is 14.2 Å². The summed E-state index contributed by atoms with van der Waals surface area (Å²) in [6, 6.07) is 4.05. The lowest BCUT2D eigenvalue weighted by Crippen LogP contribution is -2.33. The van der Waals surface area contributed by atoms with Crippen molar-refractivity contribution in [3.8, 4) is 5.69 Å². The fourth-order valence-electron chi connectivity index (χ4n) is 2.63. The molecule has 1 aliphatic rings. The highest BCUT2D eigenvalue weighted by Crippen LogP contribution is 2.25. The van der Waals surface area contributed by atoms with E-state index >= 15 is 0 Å². The fraction of sp³-hybridized carbons (Fsp3) is 0.235. The van der Waals surface area contributed by atoms with Gasteiger partial charge in [0.15, 0.2) is 0 Å². The van der Waals surface area contributed by atoms with Crippen molar-refractivity contribution < 1.29 is 27.5 Å². The second-order valence-electron chi connectivity index (χ2n) is 5.83. The number of aromatic nitrogens is 2. The number of benzene rings is 1. The summed E-state index contributed by atoms with van der Waals surface area (Å²) in [5.74, 6) is -0.915. The largest absolute Gasteiger partial charge is 0.442 e. The molecule has 0 aliphatic carbocycles. The van der Waals surface area contributed by atoms with Crippen molar-refractivity contribution >= 4 is 23.8 Å². The standard InChI is InChI=1S/C17H15F3N4O3/c1-10(25)21-6-13-8-24(17(26)27-13)12-2-3-15(14(18)5-12)23-7-11(22-9-23)4-16(19)20/h2-5,7,9,13H,6,8H2,1H3,(H,21,25). The third-order valence-electron chi connectivity index (χ3n) is 3.83. The number of imidazole rings is 1. The summed E-state index contributed by atoms with van der Waals surface area (Å²) in [6.45, 7) is 1.67. The molecule has 1 aromatic heterocycles. The Morgan fingerprint density at radius 2 is 2.22 bits per heavy atom. The van der Waals surface area contributed by atoms with Crippen molar-refractivity contribution in [1.82, 2.24) is 14.9 Å². The van der Waals surface area contributed by atoms with E-state index in [0.717, 1.165) is 6.07 Å². The van der Waals surface area contributed by atoms with E-state index in [1.807, 2.05) is 0 Å². The molecule has 1 fully saturated rings. The molecule has 7 nitrogen and oxygen atoms in total. The molecular weight excluding hydrogens is 365 g/mol. The number of nitrogens with one attached hydrogen (secondary N) is 1. The van der Waals surface area contributed by atoms with E-state index in [2.05, 4.69) is 10.3 Å². The first-order valence-corrected chi connectivity index (χ1v) is 7.92. The van der Waals surface area contributed by atoms with Crippen LogP contribution >= 0.6 is 0 Å². The van der Waals surface area contributed by atoms with Gasteiger partial charge in [-0.05, 0) is 18.2 Å². The van der Waals surface area contributed by atoms with Crippen molar-refractivity contribution in [2.24, 2.45) is 0 Å². The molecular formula is C17H15F3N4O3. The Labute approximate surface area is 152 Å². The fourth-order valence-corrected chi connectivity index (χ4v) is 2.63. The summed E-state index contributed by atoms with van der Waals surface area (Å²) in [6.07, 6.45) is -0.0603. The van der Waals surface area contributed by atoms with Crippen LogP contribution in [0.4, 0.5) is 23.7 Å². The van der Waals surface area contributed by atoms with Gasteiger partial charge in [-0.15, -0.1) is 0 Å². The number of rotatable bonds is 5. The van der Waals surface area contributed by atoms with Crippen LogP contribution in [-0.2, 0) is 9.53 Å². The molecule has 0 radical (unpaired) electrons. The van der Waals surface area contributed by atoms with Crippen LogP contribution in [-0.4, -0.2) is 40.7 Å². The minimum Gasteiger partial charge on any atom is -0.442 e. The number of amides is 2. The number of cyclic esters (lactones) is 1. The second kappa shape index (κ2) is 7.52. The van der Waals surface area contributed by atoms with Gasteiger partial charge in [0.1, 0.15) is 11.9 Å². The van der Waals surface area contributed by atoms with Crippen molar-refractivity contribution in [2.75, 3.05) is 18.0 Å². The summed E-state index contributed by atoms with van der Waals surface area (Å²) < 4.78 is 45.4. The van der Waals surface area contributed by atoms with Crippen LogP contribution in [0.1, 0.15) is 12.6 Å². The highest BCUT2D eigenvalue weighted by Gasteiger charge is 2.32. The lowest BCUT2D eigenvalue weighted by molar-refractivity contribution is -0.119. The Kier molecular flexibility index (Phi) is 5.15. The van der Waals surface area contributed by atoms with E-state index in [1.165, 1.54) is 41.0 Å². The van der Waals surface area contributed by atoms with Gasteiger partial charge in [-0.2, -0.15) is 8.78 Å². The van der Waals surface area contributed by atoms with Gasteiger partial charge < -0.3 is 14.6 Å². The zero-order valence-corrected chi connectivity index (χ0v) is 14.2. The molecule has 0 spiro atoms. The van der Waals surface area contributed by atoms with Crippen LogP contribution in [0.25, 0.3) is 11.8 Å². The minimum absolute atomic E-state index is 0.0117. The third kappa shape index (κ3) is 4.27. The zero-order chi connectivity index (χ0) is 19.6. The van der Waals surface area contributed by atoms with Crippen molar-refractivity contribution in [2.45, 2.75) is 13.0 Å². The number of hydrogen-bond donors (Lipinski definition) is 1. The minimum atomic E-state index is -1.91. The average molecular weight is 380 g/mol. The van der Waals surface area contributed by atoms with Crippen LogP contribution in [0.2, 0.25) is 0 Å². The molecule has 3 rings (SSSR count). The zero-order valence-electron chi connectivity index (χ0n) is 14.2. The van der Waals surface area contributed by atoms with Crippen LogP contribution in [0.15, 0.2) is 36.8 Å². The average Bonchev–Trinajstić information content (AvgIpc) is 3.19. The van der Waals surface area contributed by atoms with Gasteiger partial charge in [0, 0.05) is 19.2 Å². The monoisotopic (exact) mass is 380 g/mol. The Morgan fingerprint density at radius 1 is 1.44 bits per heavy atom. The SMILES string of the molecule is CC(=O)NCC1CN(c2ccc(-n3cnc(C=C(F)F)c3)c(F)c2)C(=O)O1. The molecule has 1 atom stereocenters. The molecule has 0 bridgehead atoms. The maximum atomic E-state index is 14.5. The Hall–Kier alpha value is -3.30. The summed E-state index contributed by atoms with van der Waals surface area (Å²) in [5.41, 5.74) is 0.358. The number of carbonyl (C=O) groups is 2. The molecule has 2 amide bonds. The second-order valence-corrected chi connectivity index (χ2v) is 5.83. The smallest absolute Gasteiger partial charge is 0.414 e. The molecule has 142 valence electrons. The number of anilines is 1. The molecule has 1 N–H and O–H groups in total. The number of hydrogen-bond acceptors (Lipinski definition) is 4. The first-order valence-electron chi connectivity index (χ1n) is 7.92. The van der Waals surface area contributed by atoms with Crippen molar-refractivity contribution in [3.63, 3.8) is 0 Å². The van der Waals surface area contributed by atoms with Gasteiger partial charge in [0.05, 0.1) is 36.5 Å². The van der Waals surface area contributed by atoms with Crippen LogP contribution in [0.5, 0.6) is 0 Å². The molecule has 27 heavy (non-hydrogen) atoms. The molecule has 1 aromatic carbocycles. The predicted molar refractivity (Wildman–Crippen MR) is 90.0 cm³/mol. The van der Waals surface area contributed by atoms with Gasteiger partial charge >= 0.3 is 6.09 Å². The van der Waals surface area contributed by atoms with Crippen molar-refractivity contribution in [3.05, 3.63) is 48.3 Å². The molecule has 1 saturated heterocycles. The van der Waals surface area contributed by atoms with E-state index in [-0.39, 0.29) is 36.1 Å². The lowest BCUT2D eigenvalue weighted by Gasteiger charge is -2.14. The molecule has 1 unspecified atom stereocenters. The van der Waals surface area contributed by atoms with Crippen LogP contribution < -0.4 is 10.2 Å². The molecule has 1 aliphatic heterocycles. The van der Waals surface area contributed by atoms with Gasteiger partial charge in [0.25, 0.3) is 6.08 Å². The summed E-state index contributed by atoms with van der Waals surface area (Å²) in [5, 5.41) is 2.55. The predicted octanol–water partition coefficient (Wildman–Crippen LogP) is 2.71. The molecule has 10 heteroatoms. The molecule has 0 saturated carbocycles. The highest BCUT2D eigenvalue weighted by molar-refractivity contribution is 5.90. The maximum absolute atomic E-state index is 14.5. The normalized spacial score (nSPS) is 16.2. The maximum Gasteiger partial charge on any atom is 0.414 e. The first-order chi connectivity index (χ1) is 12.8. The van der Waals surface area contributed by atoms with E-state index in [1.54, 1.807) is 0 Å². The van der Waals surface area contributed by atoms with E-state index in [0.29, 0.717) is 6.08 Å². The Bertz CT molecular complexity index is 909. The number of carbonyl (C=O) groups excluding carboxylic acids is 2. The quantitative estimate of drug-likeness (QED) is 0.865. The summed E-state index contributed by atoms with van der Waals surface area (Å²) in [4.78, 5) is 27.9. The van der Waals surface area contributed by atoms with E-state index in [4.69, 9.17) is 4.74 Å². The van der Waals surface area contributed by atoms with Gasteiger partial charge in [0.2, 0.25) is 5.91 Å². The summed E-state index contributed by atoms with van der Waals surface area (Å²) in [7, 11) is 0. The van der Waals surface area contributed by atoms with Crippen molar-refractivity contribution in [1.29, 1.82) is 0 Å². The number of ether oxygens (including phenoxy) is 1. The van der Waals surface area contributed by atoms with Crippen LogP contribution in [0, 0.1) is 5.82 Å². The molecule has 2 aromatic rings.